The van der Waals surface area contributed by atoms with Crippen LogP contribution in [-0.4, -0.2) is 19.6 Å². The van der Waals surface area contributed by atoms with Crippen molar-refractivity contribution in [1.82, 2.24) is 10.6 Å². The number of rotatable bonds is 6. The van der Waals surface area contributed by atoms with Crippen molar-refractivity contribution in [3.63, 3.8) is 0 Å². The first-order valence-corrected chi connectivity index (χ1v) is 7.56. The highest BCUT2D eigenvalue weighted by molar-refractivity contribution is 9.11. The predicted octanol–water partition coefficient (Wildman–Crippen LogP) is 3.37. The van der Waals surface area contributed by atoms with Crippen LogP contribution in [0, 0.1) is 0 Å². The Labute approximate surface area is 116 Å². The summed E-state index contributed by atoms with van der Waals surface area (Å²) in [4.78, 5) is 5.49. The first-order valence-electron chi connectivity index (χ1n) is 5.95. The van der Waals surface area contributed by atoms with Gasteiger partial charge in [0.15, 0.2) is 5.96 Å². The minimum absolute atomic E-state index is 0.823. The van der Waals surface area contributed by atoms with Crippen molar-refractivity contribution < 1.29 is 0 Å². The first kappa shape index (κ1) is 14.5. The maximum atomic E-state index is 4.19. The molecule has 0 radical (unpaired) electrons. The van der Waals surface area contributed by atoms with E-state index in [9.17, 15) is 0 Å². The number of aliphatic imine (C=N–C) groups is 1. The van der Waals surface area contributed by atoms with E-state index < -0.39 is 0 Å². The molecule has 5 heteroatoms. The lowest BCUT2D eigenvalue weighted by atomic mass is 10.2. The van der Waals surface area contributed by atoms with Crippen LogP contribution in [0.3, 0.4) is 0 Å². The molecule has 0 amide bonds. The van der Waals surface area contributed by atoms with Gasteiger partial charge in [-0.1, -0.05) is 19.8 Å². The molecule has 0 aliphatic heterocycles. The Bertz CT molecular complexity index is 349. The van der Waals surface area contributed by atoms with E-state index in [1.54, 1.807) is 18.4 Å². The van der Waals surface area contributed by atoms with E-state index in [0.29, 0.717) is 0 Å². The lowest BCUT2D eigenvalue weighted by Crippen LogP contribution is -2.37. The van der Waals surface area contributed by atoms with E-state index in [2.05, 4.69) is 50.6 Å². The standard InChI is InChI=1S/C12H20BrN3S/c1-3-4-5-8-15-12(14-2)16-9-10-6-7-11(13)17-10/h6-7H,3-5,8-9H2,1-2H3,(H2,14,15,16). The van der Waals surface area contributed by atoms with Crippen molar-refractivity contribution in [2.24, 2.45) is 4.99 Å². The number of hydrogen-bond acceptors (Lipinski definition) is 2. The van der Waals surface area contributed by atoms with E-state index in [1.807, 2.05) is 0 Å². The Hall–Kier alpha value is -0.550. The zero-order valence-corrected chi connectivity index (χ0v) is 12.8. The average molecular weight is 318 g/mol. The van der Waals surface area contributed by atoms with E-state index >= 15 is 0 Å². The fourth-order valence-electron chi connectivity index (χ4n) is 1.42. The molecule has 2 N–H and O–H groups in total. The first-order chi connectivity index (χ1) is 8.26. The molecule has 0 saturated heterocycles. The largest absolute Gasteiger partial charge is 0.356 e. The molecule has 1 heterocycles. The van der Waals surface area contributed by atoms with Crippen molar-refractivity contribution in [1.29, 1.82) is 0 Å². The van der Waals surface area contributed by atoms with Crippen LogP contribution in [0.5, 0.6) is 0 Å². The van der Waals surface area contributed by atoms with Gasteiger partial charge in [-0.3, -0.25) is 4.99 Å². The molecule has 0 aromatic carbocycles. The molecule has 0 bridgehead atoms. The number of nitrogens with one attached hydrogen (secondary N) is 2. The van der Waals surface area contributed by atoms with Crippen LogP contribution in [-0.2, 0) is 6.54 Å². The lowest BCUT2D eigenvalue weighted by molar-refractivity contribution is 0.683. The van der Waals surface area contributed by atoms with Gasteiger partial charge in [0, 0.05) is 18.5 Å². The summed E-state index contributed by atoms with van der Waals surface area (Å²) in [5.41, 5.74) is 0. The quantitative estimate of drug-likeness (QED) is 0.479. The van der Waals surface area contributed by atoms with E-state index in [0.717, 1.165) is 19.0 Å². The van der Waals surface area contributed by atoms with Crippen LogP contribution in [0.1, 0.15) is 31.1 Å². The van der Waals surface area contributed by atoms with Crippen molar-refractivity contribution in [3.8, 4) is 0 Å². The van der Waals surface area contributed by atoms with Gasteiger partial charge in [0.2, 0.25) is 0 Å². The number of thiophene rings is 1. The summed E-state index contributed by atoms with van der Waals surface area (Å²) in [5, 5.41) is 6.62. The summed E-state index contributed by atoms with van der Waals surface area (Å²) in [6, 6.07) is 4.19. The third kappa shape index (κ3) is 6.07. The van der Waals surface area contributed by atoms with Crippen molar-refractivity contribution in [3.05, 3.63) is 20.8 Å². The number of nitrogens with zero attached hydrogens (tertiary/aromatic N) is 1. The normalized spacial score (nSPS) is 11.6. The van der Waals surface area contributed by atoms with Gasteiger partial charge in [0.05, 0.1) is 10.3 Å². The molecule has 0 aliphatic carbocycles. The maximum absolute atomic E-state index is 4.19. The third-order valence-electron chi connectivity index (χ3n) is 2.36. The summed E-state index contributed by atoms with van der Waals surface area (Å²) in [6.07, 6.45) is 3.71. The highest BCUT2D eigenvalue weighted by atomic mass is 79.9. The molecule has 0 spiro atoms. The van der Waals surface area contributed by atoms with Gasteiger partial charge >= 0.3 is 0 Å². The Morgan fingerprint density at radius 1 is 1.35 bits per heavy atom. The van der Waals surface area contributed by atoms with E-state index in [4.69, 9.17) is 0 Å². The fraction of sp³-hybridized carbons (Fsp3) is 0.583. The number of hydrogen-bond donors (Lipinski definition) is 2. The van der Waals surface area contributed by atoms with E-state index in [-0.39, 0.29) is 0 Å². The van der Waals surface area contributed by atoms with Crippen molar-refractivity contribution in [2.75, 3.05) is 13.6 Å². The topological polar surface area (TPSA) is 36.4 Å². The Kier molecular flexibility index (Phi) is 7.28. The second kappa shape index (κ2) is 8.53. The van der Waals surface area contributed by atoms with Gasteiger partial charge in [-0.05, 0) is 34.5 Å². The minimum atomic E-state index is 0.823. The molecular formula is C12H20BrN3S. The summed E-state index contributed by atoms with van der Waals surface area (Å²) >= 11 is 5.20. The molecule has 17 heavy (non-hydrogen) atoms. The van der Waals surface area contributed by atoms with Gasteiger partial charge < -0.3 is 10.6 Å². The fourth-order valence-corrected chi connectivity index (χ4v) is 2.84. The van der Waals surface area contributed by atoms with Gasteiger partial charge in [0.1, 0.15) is 0 Å². The van der Waals surface area contributed by atoms with Crippen LogP contribution in [0.2, 0.25) is 0 Å². The third-order valence-corrected chi connectivity index (χ3v) is 3.98. The highest BCUT2D eigenvalue weighted by Crippen LogP contribution is 2.21. The smallest absolute Gasteiger partial charge is 0.191 e. The monoisotopic (exact) mass is 317 g/mol. The Morgan fingerprint density at radius 2 is 2.18 bits per heavy atom. The SMILES string of the molecule is CCCCCNC(=NC)NCc1ccc(Br)s1. The summed E-state index contributed by atoms with van der Waals surface area (Å²) in [6.45, 7) is 4.02. The van der Waals surface area contributed by atoms with Crippen LogP contribution >= 0.6 is 27.3 Å². The van der Waals surface area contributed by atoms with Crippen molar-refractivity contribution in [2.45, 2.75) is 32.7 Å². The predicted molar refractivity (Wildman–Crippen MR) is 79.7 cm³/mol. The van der Waals surface area contributed by atoms with Crippen molar-refractivity contribution >= 4 is 33.2 Å². The lowest BCUT2D eigenvalue weighted by Gasteiger charge is -2.10. The molecule has 1 rings (SSSR count). The molecule has 0 aliphatic rings. The number of halogens is 1. The van der Waals surface area contributed by atoms with Gasteiger partial charge in [-0.2, -0.15) is 0 Å². The molecule has 1 aromatic heterocycles. The molecule has 0 unspecified atom stereocenters. The molecular weight excluding hydrogens is 298 g/mol. The van der Waals surface area contributed by atoms with Crippen LogP contribution in [0.15, 0.2) is 20.9 Å². The number of unbranched alkanes of at least 4 members (excludes halogenated alkanes) is 2. The average Bonchev–Trinajstić information content (AvgIpc) is 2.74. The molecule has 0 fully saturated rings. The molecule has 0 atom stereocenters. The van der Waals surface area contributed by atoms with Gasteiger partial charge in [-0.15, -0.1) is 11.3 Å². The zero-order chi connectivity index (χ0) is 12.5. The van der Waals surface area contributed by atoms with E-state index in [1.165, 1.54) is 27.9 Å². The zero-order valence-electron chi connectivity index (χ0n) is 10.4. The highest BCUT2D eigenvalue weighted by Gasteiger charge is 2.00. The molecule has 3 nitrogen and oxygen atoms in total. The minimum Gasteiger partial charge on any atom is -0.356 e. The molecule has 0 saturated carbocycles. The molecule has 96 valence electrons. The Balaban J connectivity index is 2.23. The maximum Gasteiger partial charge on any atom is 0.191 e. The van der Waals surface area contributed by atoms with Crippen LogP contribution < -0.4 is 10.6 Å². The van der Waals surface area contributed by atoms with Gasteiger partial charge in [-0.25, -0.2) is 0 Å². The summed E-state index contributed by atoms with van der Waals surface area (Å²) < 4.78 is 1.17. The summed E-state index contributed by atoms with van der Waals surface area (Å²) in [5.74, 6) is 0.880. The second-order valence-corrected chi connectivity index (χ2v) is 6.31. The van der Waals surface area contributed by atoms with Crippen LogP contribution in [0.4, 0.5) is 0 Å². The number of guanidine groups is 1. The Morgan fingerprint density at radius 3 is 2.76 bits per heavy atom. The molecule has 1 aromatic rings. The second-order valence-electron chi connectivity index (χ2n) is 3.77. The van der Waals surface area contributed by atoms with Gasteiger partial charge in [0.25, 0.3) is 0 Å². The summed E-state index contributed by atoms with van der Waals surface area (Å²) in [7, 11) is 1.81. The van der Waals surface area contributed by atoms with Crippen LogP contribution in [0.25, 0.3) is 0 Å².